The Morgan fingerprint density at radius 3 is 1.37 bits per heavy atom. The molecule has 0 heterocycles. The summed E-state index contributed by atoms with van der Waals surface area (Å²) in [7, 11) is -5.22. The summed E-state index contributed by atoms with van der Waals surface area (Å²) < 4.78 is 25.5. The first-order valence-electron chi connectivity index (χ1n) is 14.3. The molecule has 38 heavy (non-hydrogen) atoms. The van der Waals surface area contributed by atoms with Crippen molar-refractivity contribution in [3.8, 4) is 0 Å². The topological polar surface area (TPSA) is 125 Å². The number of carbonyl (C=O) groups is 2. The van der Waals surface area contributed by atoms with Crippen LogP contribution in [0.3, 0.4) is 0 Å². The van der Waals surface area contributed by atoms with Gasteiger partial charge in [0.15, 0.2) is 6.10 Å². The first-order chi connectivity index (χ1) is 17.3. The van der Waals surface area contributed by atoms with Gasteiger partial charge in [0.1, 0.15) is 6.61 Å². The average Bonchev–Trinajstić information content (AvgIpc) is 2.83. The van der Waals surface area contributed by atoms with E-state index in [1.54, 1.807) is 0 Å². The van der Waals surface area contributed by atoms with Crippen molar-refractivity contribution in [1.29, 1.82) is 0 Å². The predicted octanol–water partition coefficient (Wildman–Crippen LogP) is 0.137. The first kappa shape index (κ1) is 43.5. The Hall–Kier alpha value is 1.05. The molecular formula is C27H51Na2O8P. The van der Waals surface area contributed by atoms with E-state index in [1.165, 1.54) is 64.2 Å². The number of hydrogen-bond donors (Lipinski definition) is 0. The molecule has 0 amide bonds. The van der Waals surface area contributed by atoms with Crippen LogP contribution in [-0.4, -0.2) is 31.3 Å². The van der Waals surface area contributed by atoms with Crippen molar-refractivity contribution < 1.29 is 97.1 Å². The van der Waals surface area contributed by atoms with Gasteiger partial charge >= 0.3 is 71.1 Å². The molecule has 11 heteroatoms. The summed E-state index contributed by atoms with van der Waals surface area (Å²) in [5.74, 6) is -0.960. The van der Waals surface area contributed by atoms with Gasteiger partial charge in [-0.25, -0.2) is 0 Å². The molecule has 0 aromatic heterocycles. The molecule has 8 nitrogen and oxygen atoms in total. The summed E-state index contributed by atoms with van der Waals surface area (Å²) >= 11 is 0. The molecule has 0 unspecified atom stereocenters. The van der Waals surface area contributed by atoms with Crippen molar-refractivity contribution in [3.63, 3.8) is 0 Å². The van der Waals surface area contributed by atoms with Gasteiger partial charge in [0.2, 0.25) is 0 Å². The van der Waals surface area contributed by atoms with Gasteiger partial charge < -0.3 is 28.3 Å². The SMILES string of the molecule is CCCCCCCCCCCC(=O)OC[C@H](COP(=O)([O-])[O-])OC(=O)CCCCCCCCCCC.[Na+].[Na+]. The number of unbranched alkanes of at least 4 members (excludes halogenated alkanes) is 16. The number of carbonyl (C=O) groups excluding carboxylic acids is 2. The van der Waals surface area contributed by atoms with E-state index < -0.39 is 32.5 Å². The van der Waals surface area contributed by atoms with Crippen LogP contribution in [0, 0.1) is 0 Å². The molecule has 0 saturated heterocycles. The Bertz CT molecular complexity index is 589. The molecule has 0 aliphatic carbocycles. The molecule has 0 aromatic carbocycles. The van der Waals surface area contributed by atoms with E-state index in [4.69, 9.17) is 9.47 Å². The standard InChI is InChI=1S/C27H53O8P.2Na/c1-3-5-7-9-11-13-15-17-19-21-26(28)33-23-25(24-34-36(30,31)32)35-27(29)22-20-18-16-14-12-10-8-6-4-2;;/h25H,3-24H2,1-2H3,(H2,30,31,32);;/q;2*+1/p-2/t25-;;/m1../s1. The minimum Gasteiger partial charge on any atom is -0.790 e. The van der Waals surface area contributed by atoms with E-state index in [1.807, 2.05) is 0 Å². The van der Waals surface area contributed by atoms with Crippen molar-refractivity contribution in [2.75, 3.05) is 13.2 Å². The molecule has 0 aliphatic heterocycles. The summed E-state index contributed by atoms with van der Waals surface area (Å²) in [6.45, 7) is 3.40. The normalized spacial score (nSPS) is 11.8. The molecule has 0 radical (unpaired) electrons. The number of phosphoric ester groups is 1. The number of rotatable bonds is 26. The van der Waals surface area contributed by atoms with Gasteiger partial charge in [-0.2, -0.15) is 0 Å². The van der Waals surface area contributed by atoms with E-state index in [2.05, 4.69) is 18.4 Å². The molecular weight excluding hydrogens is 529 g/mol. The second kappa shape index (κ2) is 31.0. The maximum absolute atomic E-state index is 12.1. The van der Waals surface area contributed by atoms with Crippen LogP contribution in [-0.2, 0) is 28.2 Å². The summed E-state index contributed by atoms with van der Waals surface area (Å²) in [5.41, 5.74) is 0. The third-order valence-corrected chi connectivity index (χ3v) is 6.58. The van der Waals surface area contributed by atoms with Gasteiger partial charge in [0.05, 0.1) is 14.4 Å². The van der Waals surface area contributed by atoms with Crippen LogP contribution < -0.4 is 68.9 Å². The minimum atomic E-state index is -5.22. The Balaban J connectivity index is -0.00000612. The van der Waals surface area contributed by atoms with Gasteiger partial charge in [-0.05, 0) is 12.8 Å². The maximum Gasteiger partial charge on any atom is 1.00 e. The van der Waals surface area contributed by atoms with Gasteiger partial charge in [-0.1, -0.05) is 117 Å². The fraction of sp³-hybridized carbons (Fsp3) is 0.926. The van der Waals surface area contributed by atoms with Crippen LogP contribution in [0.1, 0.15) is 142 Å². The number of esters is 2. The first-order valence-corrected chi connectivity index (χ1v) is 15.8. The fourth-order valence-electron chi connectivity index (χ4n) is 3.95. The summed E-state index contributed by atoms with van der Waals surface area (Å²) in [6, 6.07) is 0. The second-order valence-electron chi connectivity index (χ2n) is 9.69. The molecule has 0 aromatic rings. The Morgan fingerprint density at radius 1 is 0.605 bits per heavy atom. The molecule has 0 fully saturated rings. The van der Waals surface area contributed by atoms with Crippen molar-refractivity contribution >= 4 is 19.8 Å². The van der Waals surface area contributed by atoms with Crippen molar-refractivity contribution in [3.05, 3.63) is 0 Å². The summed E-state index contributed by atoms with van der Waals surface area (Å²) in [4.78, 5) is 45.8. The Kier molecular flexibility index (Phi) is 35.5. The van der Waals surface area contributed by atoms with Crippen molar-refractivity contribution in [2.24, 2.45) is 0 Å². The molecule has 0 rings (SSSR count). The van der Waals surface area contributed by atoms with Gasteiger partial charge in [0, 0.05) is 12.8 Å². The maximum atomic E-state index is 12.1. The quantitative estimate of drug-likeness (QED) is 0.0613. The molecule has 0 bridgehead atoms. The Morgan fingerprint density at radius 2 is 0.974 bits per heavy atom. The summed E-state index contributed by atoms with van der Waals surface area (Å²) in [6.07, 6.45) is 19.5. The minimum absolute atomic E-state index is 0. The van der Waals surface area contributed by atoms with E-state index in [-0.39, 0.29) is 78.6 Å². The van der Waals surface area contributed by atoms with Crippen LogP contribution in [0.2, 0.25) is 0 Å². The largest absolute Gasteiger partial charge is 1.00 e. The zero-order chi connectivity index (χ0) is 26.9. The number of phosphoric acid groups is 1. The Labute approximate surface area is 276 Å². The predicted molar refractivity (Wildman–Crippen MR) is 138 cm³/mol. The van der Waals surface area contributed by atoms with Crippen molar-refractivity contribution in [2.45, 2.75) is 148 Å². The average molecular weight is 581 g/mol. The van der Waals surface area contributed by atoms with E-state index in [0.717, 1.165) is 38.5 Å². The van der Waals surface area contributed by atoms with Crippen LogP contribution in [0.25, 0.3) is 0 Å². The monoisotopic (exact) mass is 580 g/mol. The fourth-order valence-corrected chi connectivity index (χ4v) is 4.30. The van der Waals surface area contributed by atoms with Crippen LogP contribution >= 0.6 is 7.82 Å². The number of hydrogen-bond acceptors (Lipinski definition) is 8. The van der Waals surface area contributed by atoms with E-state index in [0.29, 0.717) is 12.8 Å². The molecule has 0 saturated carbocycles. The smallest absolute Gasteiger partial charge is 0.790 e. The van der Waals surface area contributed by atoms with Gasteiger partial charge in [-0.15, -0.1) is 0 Å². The molecule has 214 valence electrons. The zero-order valence-corrected chi connectivity index (χ0v) is 29.7. The molecule has 0 aliphatic rings. The van der Waals surface area contributed by atoms with Crippen LogP contribution in [0.4, 0.5) is 0 Å². The second-order valence-corrected chi connectivity index (χ2v) is 10.8. The van der Waals surface area contributed by atoms with Crippen LogP contribution in [0.15, 0.2) is 0 Å². The van der Waals surface area contributed by atoms with E-state index >= 15 is 0 Å². The van der Waals surface area contributed by atoms with Crippen molar-refractivity contribution in [1.82, 2.24) is 0 Å². The van der Waals surface area contributed by atoms with Gasteiger partial charge in [0.25, 0.3) is 0 Å². The summed E-state index contributed by atoms with van der Waals surface area (Å²) in [5, 5.41) is 0. The number of ether oxygens (including phenoxy) is 2. The zero-order valence-electron chi connectivity index (χ0n) is 24.8. The third-order valence-electron chi connectivity index (χ3n) is 6.12. The molecule has 0 N–H and O–H groups in total. The molecule has 0 spiro atoms. The van der Waals surface area contributed by atoms with Gasteiger partial charge in [-0.3, -0.25) is 9.59 Å². The van der Waals surface area contributed by atoms with E-state index in [9.17, 15) is 23.9 Å². The third kappa shape index (κ3) is 33.3. The molecule has 1 atom stereocenters. The van der Waals surface area contributed by atoms with Crippen LogP contribution in [0.5, 0.6) is 0 Å².